The second-order valence-corrected chi connectivity index (χ2v) is 6.56. The van der Waals surface area contributed by atoms with Gasteiger partial charge in [-0.1, -0.05) is 32.0 Å². The maximum Gasteiger partial charge on any atom is 0.145 e. The molecule has 0 amide bonds. The number of benzene rings is 1. The number of fused-ring (bicyclic) bond motifs is 1. The minimum atomic E-state index is 0.105. The van der Waals surface area contributed by atoms with Crippen LogP contribution in [0.2, 0.25) is 0 Å². The second-order valence-electron chi connectivity index (χ2n) is 6.03. The average Bonchev–Trinajstić information content (AvgIpc) is 2.48. The quantitative estimate of drug-likeness (QED) is 0.732. The Morgan fingerprint density at radius 2 is 2.00 bits per heavy atom. The standard InChI is InChI=1S/C18H22ClNO/c1-4-18(5-2)15(19)11-16(18)21-14-8-6-7-13-10-9-12(3)20-17(13)14/h6-10,15-16H,4-5,11H2,1-3H3. The highest BCUT2D eigenvalue weighted by atomic mass is 35.5. The number of hydrogen-bond donors (Lipinski definition) is 0. The van der Waals surface area contributed by atoms with E-state index in [1.54, 1.807) is 0 Å². The lowest BCUT2D eigenvalue weighted by Gasteiger charge is -2.52. The highest BCUT2D eigenvalue weighted by Crippen LogP contribution is 2.52. The van der Waals surface area contributed by atoms with E-state index in [2.05, 4.69) is 31.0 Å². The first-order valence-electron chi connectivity index (χ1n) is 7.78. The average molecular weight is 304 g/mol. The first-order valence-corrected chi connectivity index (χ1v) is 8.21. The fourth-order valence-corrected chi connectivity index (χ4v) is 4.09. The molecule has 2 nitrogen and oxygen atoms in total. The number of aromatic nitrogens is 1. The van der Waals surface area contributed by atoms with Crippen LogP contribution in [0.3, 0.4) is 0 Å². The topological polar surface area (TPSA) is 22.1 Å². The molecule has 0 radical (unpaired) electrons. The first kappa shape index (κ1) is 14.6. The summed E-state index contributed by atoms with van der Waals surface area (Å²) in [6.45, 7) is 6.43. The van der Waals surface area contributed by atoms with Crippen LogP contribution in [0.4, 0.5) is 0 Å². The van der Waals surface area contributed by atoms with E-state index in [9.17, 15) is 0 Å². The van der Waals surface area contributed by atoms with Crippen molar-refractivity contribution in [2.24, 2.45) is 5.41 Å². The molecule has 3 rings (SSSR count). The van der Waals surface area contributed by atoms with Crippen LogP contribution in [0.25, 0.3) is 10.9 Å². The molecule has 2 unspecified atom stereocenters. The molecule has 0 bridgehead atoms. The summed E-state index contributed by atoms with van der Waals surface area (Å²) in [6, 6.07) is 10.3. The highest BCUT2D eigenvalue weighted by molar-refractivity contribution is 6.21. The van der Waals surface area contributed by atoms with Gasteiger partial charge in [0, 0.05) is 28.3 Å². The molecule has 2 atom stereocenters. The normalized spacial score (nSPS) is 23.8. The molecular weight excluding hydrogens is 282 g/mol. The van der Waals surface area contributed by atoms with Crippen molar-refractivity contribution in [3.63, 3.8) is 0 Å². The van der Waals surface area contributed by atoms with E-state index in [0.29, 0.717) is 0 Å². The predicted octanol–water partition coefficient (Wildman–Crippen LogP) is 5.11. The van der Waals surface area contributed by atoms with Gasteiger partial charge in [-0.3, -0.25) is 0 Å². The molecule has 1 aromatic heterocycles. The number of para-hydroxylation sites is 1. The smallest absolute Gasteiger partial charge is 0.145 e. The summed E-state index contributed by atoms with van der Waals surface area (Å²) in [5.74, 6) is 0.885. The molecule has 0 aliphatic heterocycles. The van der Waals surface area contributed by atoms with Crippen molar-refractivity contribution in [2.75, 3.05) is 0 Å². The zero-order chi connectivity index (χ0) is 15.0. The Hall–Kier alpha value is -1.28. The molecule has 1 aromatic carbocycles. The van der Waals surface area contributed by atoms with Gasteiger partial charge in [-0.25, -0.2) is 4.98 Å². The van der Waals surface area contributed by atoms with Crippen molar-refractivity contribution in [2.45, 2.75) is 51.5 Å². The molecular formula is C18H22ClNO. The van der Waals surface area contributed by atoms with E-state index >= 15 is 0 Å². The van der Waals surface area contributed by atoms with E-state index in [1.165, 1.54) is 0 Å². The number of nitrogens with zero attached hydrogens (tertiary/aromatic N) is 1. The minimum Gasteiger partial charge on any atom is -0.487 e. The number of aryl methyl sites for hydroxylation is 1. The van der Waals surface area contributed by atoms with Crippen LogP contribution < -0.4 is 4.74 Å². The van der Waals surface area contributed by atoms with Crippen molar-refractivity contribution in [1.29, 1.82) is 0 Å². The Bertz CT molecular complexity index is 651. The van der Waals surface area contributed by atoms with E-state index in [1.807, 2.05) is 25.1 Å². The third-order valence-electron chi connectivity index (χ3n) is 5.09. The van der Waals surface area contributed by atoms with Crippen molar-refractivity contribution < 1.29 is 4.74 Å². The van der Waals surface area contributed by atoms with Crippen LogP contribution in [0.1, 0.15) is 38.8 Å². The van der Waals surface area contributed by atoms with Crippen molar-refractivity contribution in [3.8, 4) is 5.75 Å². The van der Waals surface area contributed by atoms with Crippen LogP contribution in [-0.4, -0.2) is 16.5 Å². The first-order chi connectivity index (χ1) is 10.1. The van der Waals surface area contributed by atoms with Gasteiger partial charge in [-0.15, -0.1) is 11.6 Å². The Labute approximate surface area is 131 Å². The van der Waals surface area contributed by atoms with Gasteiger partial charge in [0.15, 0.2) is 0 Å². The van der Waals surface area contributed by atoms with Crippen molar-refractivity contribution >= 4 is 22.5 Å². The summed E-state index contributed by atoms with van der Waals surface area (Å²) in [4.78, 5) is 4.65. The lowest BCUT2D eigenvalue weighted by Crippen LogP contribution is -2.56. The second kappa shape index (κ2) is 5.49. The molecule has 0 N–H and O–H groups in total. The Balaban J connectivity index is 1.94. The molecule has 1 aliphatic carbocycles. The van der Waals surface area contributed by atoms with E-state index in [-0.39, 0.29) is 16.9 Å². The third kappa shape index (κ3) is 2.30. The maximum atomic E-state index is 6.48. The Morgan fingerprint density at radius 3 is 2.67 bits per heavy atom. The van der Waals surface area contributed by atoms with Gasteiger partial charge < -0.3 is 4.74 Å². The number of hydrogen-bond acceptors (Lipinski definition) is 2. The Morgan fingerprint density at radius 1 is 1.24 bits per heavy atom. The number of halogens is 1. The summed E-state index contributed by atoms with van der Waals surface area (Å²) in [7, 11) is 0. The molecule has 0 saturated heterocycles. The number of pyridine rings is 1. The monoisotopic (exact) mass is 303 g/mol. The molecule has 0 spiro atoms. The van der Waals surface area contributed by atoms with E-state index < -0.39 is 0 Å². The highest BCUT2D eigenvalue weighted by Gasteiger charge is 2.53. The third-order valence-corrected chi connectivity index (χ3v) is 5.71. The van der Waals surface area contributed by atoms with Gasteiger partial charge in [0.05, 0.1) is 0 Å². The van der Waals surface area contributed by atoms with Gasteiger partial charge in [0.2, 0.25) is 0 Å². The number of rotatable bonds is 4. The van der Waals surface area contributed by atoms with Crippen molar-refractivity contribution in [1.82, 2.24) is 4.98 Å². The zero-order valence-electron chi connectivity index (χ0n) is 12.9. The maximum absolute atomic E-state index is 6.48. The minimum absolute atomic E-state index is 0.105. The molecule has 1 fully saturated rings. The van der Waals surface area contributed by atoms with Crippen LogP contribution >= 0.6 is 11.6 Å². The van der Waals surface area contributed by atoms with Gasteiger partial charge in [0.25, 0.3) is 0 Å². The lowest BCUT2D eigenvalue weighted by molar-refractivity contribution is -0.0454. The van der Waals surface area contributed by atoms with Crippen LogP contribution in [-0.2, 0) is 0 Å². The molecule has 3 heteroatoms. The zero-order valence-corrected chi connectivity index (χ0v) is 13.7. The summed E-state index contributed by atoms with van der Waals surface area (Å²) in [5, 5.41) is 1.35. The van der Waals surface area contributed by atoms with Gasteiger partial charge in [-0.05, 0) is 31.9 Å². The molecule has 21 heavy (non-hydrogen) atoms. The van der Waals surface area contributed by atoms with Crippen molar-refractivity contribution in [3.05, 3.63) is 36.0 Å². The van der Waals surface area contributed by atoms with Gasteiger partial charge in [-0.2, -0.15) is 0 Å². The number of alkyl halides is 1. The van der Waals surface area contributed by atoms with Gasteiger partial charge >= 0.3 is 0 Å². The molecule has 1 aliphatic rings. The van der Waals surface area contributed by atoms with E-state index in [0.717, 1.165) is 41.6 Å². The van der Waals surface area contributed by atoms with Gasteiger partial charge in [0.1, 0.15) is 17.4 Å². The van der Waals surface area contributed by atoms with Crippen LogP contribution in [0.15, 0.2) is 30.3 Å². The SMILES string of the molecule is CCC1(CC)C(Cl)CC1Oc1cccc2ccc(C)nc12. The lowest BCUT2D eigenvalue weighted by atomic mass is 9.62. The fourth-order valence-electron chi connectivity index (χ4n) is 3.48. The predicted molar refractivity (Wildman–Crippen MR) is 88.2 cm³/mol. The summed E-state index contributed by atoms with van der Waals surface area (Å²) in [6.07, 6.45) is 3.23. The molecule has 1 heterocycles. The Kier molecular flexibility index (Phi) is 3.83. The summed E-state index contributed by atoms with van der Waals surface area (Å²) in [5.41, 5.74) is 2.07. The largest absolute Gasteiger partial charge is 0.487 e. The molecule has 2 aromatic rings. The van der Waals surface area contributed by atoms with E-state index in [4.69, 9.17) is 16.3 Å². The number of ether oxygens (including phenoxy) is 1. The van der Waals surface area contributed by atoms with Crippen LogP contribution in [0, 0.1) is 12.3 Å². The summed E-state index contributed by atoms with van der Waals surface area (Å²) >= 11 is 6.48. The fraction of sp³-hybridized carbons (Fsp3) is 0.500. The summed E-state index contributed by atoms with van der Waals surface area (Å²) < 4.78 is 6.34. The van der Waals surface area contributed by atoms with Crippen LogP contribution in [0.5, 0.6) is 5.75 Å². The molecule has 112 valence electrons. The molecule has 1 saturated carbocycles.